The SMILES string of the molecule is CC(Nc1nc(Cl)nnc1Cl)C1CCCCC1. The average Bonchev–Trinajstić information content (AvgIpc) is 2.35. The lowest BCUT2D eigenvalue weighted by atomic mass is 9.84. The smallest absolute Gasteiger partial charge is 0.245 e. The molecule has 0 radical (unpaired) electrons. The Morgan fingerprint density at radius 1 is 1.18 bits per heavy atom. The molecule has 0 amide bonds. The van der Waals surface area contributed by atoms with E-state index in [4.69, 9.17) is 23.2 Å². The van der Waals surface area contributed by atoms with Crippen LogP contribution in [-0.2, 0) is 0 Å². The molecule has 0 spiro atoms. The molecule has 1 heterocycles. The van der Waals surface area contributed by atoms with Crippen LogP contribution in [0.5, 0.6) is 0 Å². The molecule has 1 aliphatic rings. The fourth-order valence-corrected chi connectivity index (χ4v) is 2.61. The molecular weight excluding hydrogens is 259 g/mol. The number of aromatic nitrogens is 3. The number of anilines is 1. The predicted molar refractivity (Wildman–Crippen MR) is 69.5 cm³/mol. The van der Waals surface area contributed by atoms with Crippen LogP contribution in [0.25, 0.3) is 0 Å². The van der Waals surface area contributed by atoms with Gasteiger partial charge in [0, 0.05) is 6.04 Å². The standard InChI is InChI=1S/C11H16Cl2N4/c1-7(8-5-3-2-4-6-8)14-10-9(12)16-17-11(13)15-10/h7-8H,2-6H2,1H3,(H,14,15,17). The van der Waals surface area contributed by atoms with E-state index in [0.29, 0.717) is 17.8 Å². The summed E-state index contributed by atoms with van der Waals surface area (Å²) >= 11 is 11.6. The zero-order chi connectivity index (χ0) is 12.3. The van der Waals surface area contributed by atoms with Crippen molar-refractivity contribution in [3.8, 4) is 0 Å². The van der Waals surface area contributed by atoms with Gasteiger partial charge in [-0.25, -0.2) is 0 Å². The van der Waals surface area contributed by atoms with E-state index < -0.39 is 0 Å². The van der Waals surface area contributed by atoms with Crippen LogP contribution in [0.3, 0.4) is 0 Å². The van der Waals surface area contributed by atoms with Crippen LogP contribution in [0.4, 0.5) is 5.82 Å². The largest absolute Gasteiger partial charge is 0.365 e. The summed E-state index contributed by atoms with van der Waals surface area (Å²) in [6.07, 6.45) is 6.50. The first-order valence-electron chi connectivity index (χ1n) is 5.99. The number of rotatable bonds is 3. The molecule has 1 unspecified atom stereocenters. The highest BCUT2D eigenvalue weighted by molar-refractivity contribution is 6.32. The minimum absolute atomic E-state index is 0.118. The van der Waals surface area contributed by atoms with Gasteiger partial charge in [0.1, 0.15) is 0 Å². The third kappa shape index (κ3) is 3.42. The van der Waals surface area contributed by atoms with Crippen molar-refractivity contribution in [3.63, 3.8) is 0 Å². The molecule has 0 saturated heterocycles. The van der Waals surface area contributed by atoms with E-state index in [2.05, 4.69) is 27.4 Å². The van der Waals surface area contributed by atoms with Crippen molar-refractivity contribution in [1.29, 1.82) is 0 Å². The van der Waals surface area contributed by atoms with Crippen LogP contribution in [0, 0.1) is 5.92 Å². The van der Waals surface area contributed by atoms with Crippen molar-refractivity contribution in [2.75, 3.05) is 5.32 Å². The van der Waals surface area contributed by atoms with Gasteiger partial charge in [0.2, 0.25) is 5.28 Å². The second kappa shape index (κ2) is 5.83. The topological polar surface area (TPSA) is 50.7 Å². The second-order valence-electron chi connectivity index (χ2n) is 4.55. The quantitative estimate of drug-likeness (QED) is 0.916. The molecule has 1 fully saturated rings. The Hall–Kier alpha value is -0.610. The highest BCUT2D eigenvalue weighted by Gasteiger charge is 2.21. The first-order valence-corrected chi connectivity index (χ1v) is 6.74. The van der Waals surface area contributed by atoms with E-state index in [1.807, 2.05) is 0 Å². The number of nitrogens with one attached hydrogen (secondary N) is 1. The van der Waals surface area contributed by atoms with Crippen molar-refractivity contribution >= 4 is 29.0 Å². The van der Waals surface area contributed by atoms with Gasteiger partial charge in [-0.1, -0.05) is 30.9 Å². The van der Waals surface area contributed by atoms with Gasteiger partial charge in [0.15, 0.2) is 11.0 Å². The molecule has 2 rings (SSSR count). The number of nitrogens with zero attached hydrogens (tertiary/aromatic N) is 3. The van der Waals surface area contributed by atoms with Crippen LogP contribution in [0.15, 0.2) is 0 Å². The molecule has 1 atom stereocenters. The highest BCUT2D eigenvalue weighted by atomic mass is 35.5. The van der Waals surface area contributed by atoms with Crippen molar-refractivity contribution in [2.24, 2.45) is 5.92 Å². The van der Waals surface area contributed by atoms with E-state index in [1.165, 1.54) is 32.1 Å². The Morgan fingerprint density at radius 2 is 1.88 bits per heavy atom. The van der Waals surface area contributed by atoms with Gasteiger partial charge >= 0.3 is 0 Å². The van der Waals surface area contributed by atoms with E-state index in [0.717, 1.165) is 0 Å². The van der Waals surface area contributed by atoms with Gasteiger partial charge in [0.05, 0.1) is 0 Å². The molecule has 94 valence electrons. The molecule has 1 aromatic rings. The van der Waals surface area contributed by atoms with Crippen LogP contribution in [-0.4, -0.2) is 21.2 Å². The maximum absolute atomic E-state index is 5.92. The third-order valence-corrected chi connectivity index (χ3v) is 3.76. The molecule has 1 aromatic heterocycles. The van der Waals surface area contributed by atoms with E-state index in [-0.39, 0.29) is 10.4 Å². The van der Waals surface area contributed by atoms with Gasteiger partial charge in [-0.15, -0.1) is 10.2 Å². The van der Waals surface area contributed by atoms with Crippen molar-refractivity contribution in [2.45, 2.75) is 45.1 Å². The van der Waals surface area contributed by atoms with E-state index in [1.54, 1.807) is 0 Å². The summed E-state index contributed by atoms with van der Waals surface area (Å²) in [6, 6.07) is 0.334. The molecule has 4 nitrogen and oxygen atoms in total. The molecule has 1 N–H and O–H groups in total. The third-order valence-electron chi connectivity index (χ3n) is 3.34. The van der Waals surface area contributed by atoms with Gasteiger partial charge in [-0.05, 0) is 37.3 Å². The van der Waals surface area contributed by atoms with Crippen LogP contribution >= 0.6 is 23.2 Å². The van der Waals surface area contributed by atoms with Crippen LogP contribution in [0.1, 0.15) is 39.0 Å². The molecule has 0 aromatic carbocycles. The molecule has 1 saturated carbocycles. The normalized spacial score (nSPS) is 19.0. The predicted octanol–water partition coefficient (Wildman–Crippen LogP) is 3.56. The fraction of sp³-hybridized carbons (Fsp3) is 0.727. The number of hydrogen-bond acceptors (Lipinski definition) is 4. The van der Waals surface area contributed by atoms with Gasteiger partial charge in [-0.2, -0.15) is 4.98 Å². The highest BCUT2D eigenvalue weighted by Crippen LogP contribution is 2.28. The lowest BCUT2D eigenvalue weighted by Gasteiger charge is -2.28. The Labute approximate surface area is 111 Å². The molecule has 17 heavy (non-hydrogen) atoms. The summed E-state index contributed by atoms with van der Waals surface area (Å²) in [5.41, 5.74) is 0. The first-order chi connectivity index (χ1) is 8.16. The van der Waals surface area contributed by atoms with Crippen molar-refractivity contribution in [3.05, 3.63) is 10.4 Å². The van der Waals surface area contributed by atoms with E-state index in [9.17, 15) is 0 Å². The monoisotopic (exact) mass is 274 g/mol. The summed E-state index contributed by atoms with van der Waals surface area (Å²) in [7, 11) is 0. The Morgan fingerprint density at radius 3 is 2.59 bits per heavy atom. The van der Waals surface area contributed by atoms with Crippen molar-refractivity contribution < 1.29 is 0 Å². The molecule has 6 heteroatoms. The Bertz CT molecular complexity index is 380. The maximum Gasteiger partial charge on any atom is 0.245 e. The summed E-state index contributed by atoms with van der Waals surface area (Å²) in [4.78, 5) is 4.06. The molecule has 0 bridgehead atoms. The summed E-state index contributed by atoms with van der Waals surface area (Å²) in [5, 5.41) is 11.0. The minimum atomic E-state index is 0.118. The zero-order valence-corrected chi connectivity index (χ0v) is 11.3. The van der Waals surface area contributed by atoms with Crippen molar-refractivity contribution in [1.82, 2.24) is 15.2 Å². The first kappa shape index (κ1) is 12.8. The van der Waals surface area contributed by atoms with Crippen LogP contribution < -0.4 is 5.32 Å². The zero-order valence-electron chi connectivity index (χ0n) is 9.79. The second-order valence-corrected chi connectivity index (χ2v) is 5.25. The number of hydrogen-bond donors (Lipinski definition) is 1. The summed E-state index contributed by atoms with van der Waals surface area (Å²) in [6.45, 7) is 2.16. The number of halogens is 2. The van der Waals surface area contributed by atoms with Gasteiger partial charge in [0.25, 0.3) is 0 Å². The van der Waals surface area contributed by atoms with Crippen LogP contribution in [0.2, 0.25) is 10.4 Å². The maximum atomic E-state index is 5.92. The molecular formula is C11H16Cl2N4. The summed E-state index contributed by atoms with van der Waals surface area (Å²) in [5.74, 6) is 1.21. The Kier molecular flexibility index (Phi) is 4.40. The Balaban J connectivity index is 2.01. The van der Waals surface area contributed by atoms with E-state index >= 15 is 0 Å². The molecule has 0 aliphatic heterocycles. The van der Waals surface area contributed by atoms with Gasteiger partial charge in [-0.3, -0.25) is 0 Å². The average molecular weight is 275 g/mol. The van der Waals surface area contributed by atoms with Gasteiger partial charge < -0.3 is 5.32 Å². The summed E-state index contributed by atoms with van der Waals surface area (Å²) < 4.78 is 0. The fourth-order valence-electron chi connectivity index (χ4n) is 2.35. The lowest BCUT2D eigenvalue weighted by molar-refractivity contribution is 0.328. The lowest BCUT2D eigenvalue weighted by Crippen LogP contribution is -2.28. The molecule has 1 aliphatic carbocycles. The minimum Gasteiger partial charge on any atom is -0.365 e.